The lowest BCUT2D eigenvalue weighted by Crippen LogP contribution is -2.28. The quantitative estimate of drug-likeness (QED) is 0.607. The van der Waals surface area contributed by atoms with Crippen molar-refractivity contribution in [2.24, 2.45) is 0 Å². The van der Waals surface area contributed by atoms with E-state index in [9.17, 15) is 9.59 Å². The van der Waals surface area contributed by atoms with E-state index in [2.05, 4.69) is 22.5 Å². The summed E-state index contributed by atoms with van der Waals surface area (Å²) in [6.45, 7) is 2.35. The number of carbonyl (C=O) groups is 1. The molecule has 0 spiro atoms. The number of nitrogens with one attached hydrogen (secondary N) is 1. The van der Waals surface area contributed by atoms with Gasteiger partial charge >= 0.3 is 6.09 Å². The number of methoxy groups -OCH3 is 1. The molecule has 7 nitrogen and oxygen atoms in total. The molecule has 1 aromatic heterocycles. The fourth-order valence-electron chi connectivity index (χ4n) is 3.04. The van der Waals surface area contributed by atoms with Crippen molar-refractivity contribution in [1.29, 1.82) is 0 Å². The van der Waals surface area contributed by atoms with Crippen LogP contribution in [-0.2, 0) is 17.7 Å². The Bertz CT molecular complexity index is 1030. The van der Waals surface area contributed by atoms with Crippen molar-refractivity contribution >= 4 is 11.8 Å². The normalized spacial score (nSPS) is 10.5. The van der Waals surface area contributed by atoms with Crippen molar-refractivity contribution in [3.63, 3.8) is 0 Å². The van der Waals surface area contributed by atoms with Crippen molar-refractivity contribution in [2.45, 2.75) is 26.3 Å². The molecule has 3 aromatic rings. The van der Waals surface area contributed by atoms with Crippen molar-refractivity contribution in [1.82, 2.24) is 9.78 Å². The molecule has 0 radical (unpaired) electrons. The van der Waals surface area contributed by atoms with Crippen LogP contribution in [0.4, 0.5) is 10.5 Å². The first-order valence-electron chi connectivity index (χ1n) is 9.85. The zero-order valence-electron chi connectivity index (χ0n) is 17.1. The van der Waals surface area contributed by atoms with E-state index in [1.165, 1.54) is 10.2 Å². The van der Waals surface area contributed by atoms with Gasteiger partial charge in [0.05, 0.1) is 19.4 Å². The van der Waals surface area contributed by atoms with Crippen molar-refractivity contribution < 1.29 is 14.3 Å². The van der Waals surface area contributed by atoms with Crippen LogP contribution < -0.4 is 15.6 Å². The third-order valence-corrected chi connectivity index (χ3v) is 4.55. The Kier molecular flexibility index (Phi) is 7.21. The van der Waals surface area contributed by atoms with E-state index in [0.717, 1.165) is 24.2 Å². The second kappa shape index (κ2) is 10.2. The van der Waals surface area contributed by atoms with E-state index in [4.69, 9.17) is 9.47 Å². The van der Waals surface area contributed by atoms with Crippen LogP contribution in [0.25, 0.3) is 11.3 Å². The van der Waals surface area contributed by atoms with Crippen LogP contribution in [0.1, 0.15) is 18.9 Å². The number of ether oxygens (including phenoxy) is 2. The van der Waals surface area contributed by atoms with Gasteiger partial charge in [-0.2, -0.15) is 5.10 Å². The van der Waals surface area contributed by atoms with Crippen molar-refractivity contribution in [3.8, 4) is 17.0 Å². The van der Waals surface area contributed by atoms with Gasteiger partial charge in [0.25, 0.3) is 5.56 Å². The van der Waals surface area contributed by atoms with Crippen LogP contribution in [0.15, 0.2) is 65.5 Å². The summed E-state index contributed by atoms with van der Waals surface area (Å²) in [5.74, 6) is 0.722. The molecule has 3 rings (SSSR count). The number of carbonyl (C=O) groups excluding carboxylic acids is 1. The lowest BCUT2D eigenvalue weighted by Gasteiger charge is -2.12. The third kappa shape index (κ3) is 5.47. The number of hydrogen-bond donors (Lipinski definition) is 1. The molecule has 7 heteroatoms. The summed E-state index contributed by atoms with van der Waals surface area (Å²) in [6.07, 6.45) is 0.891. The number of rotatable bonds is 8. The first-order chi connectivity index (χ1) is 14.6. The number of aromatic nitrogens is 2. The van der Waals surface area contributed by atoms with Crippen molar-refractivity contribution in [3.05, 3.63) is 76.6 Å². The third-order valence-electron chi connectivity index (χ3n) is 4.55. The van der Waals surface area contributed by atoms with E-state index in [1.807, 2.05) is 42.5 Å². The van der Waals surface area contributed by atoms with Crippen molar-refractivity contribution in [2.75, 3.05) is 19.0 Å². The van der Waals surface area contributed by atoms with Gasteiger partial charge in [0.1, 0.15) is 11.4 Å². The topological polar surface area (TPSA) is 82.4 Å². The SMILES string of the molecule is CCOC(=O)Nc1cc(-c2ccc(OC)cc2)nn(CCCc2ccccc2)c1=O. The maximum atomic E-state index is 12.8. The molecule has 2 aromatic carbocycles. The largest absolute Gasteiger partial charge is 0.497 e. The number of amides is 1. The Morgan fingerprint density at radius 3 is 2.50 bits per heavy atom. The summed E-state index contributed by atoms with van der Waals surface area (Å²) in [4.78, 5) is 24.7. The van der Waals surface area contributed by atoms with Gasteiger partial charge in [0.15, 0.2) is 0 Å². The van der Waals surface area contributed by atoms with Crippen LogP contribution in [0, 0.1) is 0 Å². The number of hydrogen-bond acceptors (Lipinski definition) is 5. The Morgan fingerprint density at radius 1 is 1.10 bits per heavy atom. The van der Waals surface area contributed by atoms with Crippen LogP contribution in [-0.4, -0.2) is 29.6 Å². The van der Waals surface area contributed by atoms with Crippen LogP contribution >= 0.6 is 0 Å². The number of benzene rings is 2. The summed E-state index contributed by atoms with van der Waals surface area (Å²) in [6, 6.07) is 19.0. The molecule has 0 bridgehead atoms. The van der Waals surface area contributed by atoms with Gasteiger partial charge in [-0.3, -0.25) is 10.1 Å². The highest BCUT2D eigenvalue weighted by Crippen LogP contribution is 2.21. The van der Waals surface area contributed by atoms with E-state index >= 15 is 0 Å². The average molecular weight is 407 g/mol. The zero-order chi connectivity index (χ0) is 21.3. The minimum atomic E-state index is -0.669. The minimum absolute atomic E-state index is 0.133. The van der Waals surface area contributed by atoms with Gasteiger partial charge in [-0.25, -0.2) is 9.48 Å². The van der Waals surface area contributed by atoms with E-state index in [-0.39, 0.29) is 17.9 Å². The monoisotopic (exact) mass is 407 g/mol. The lowest BCUT2D eigenvalue weighted by molar-refractivity contribution is 0.168. The molecular formula is C23H25N3O4. The maximum Gasteiger partial charge on any atom is 0.411 e. The molecule has 0 aliphatic heterocycles. The van der Waals surface area contributed by atoms with Gasteiger partial charge in [-0.1, -0.05) is 30.3 Å². The second-order valence-corrected chi connectivity index (χ2v) is 6.63. The molecule has 0 fully saturated rings. The van der Waals surface area contributed by atoms with Gasteiger partial charge in [-0.15, -0.1) is 0 Å². The highest BCUT2D eigenvalue weighted by atomic mass is 16.5. The summed E-state index contributed by atoms with van der Waals surface area (Å²) < 4.78 is 11.5. The molecule has 0 aliphatic rings. The molecule has 0 saturated heterocycles. The first-order valence-corrected chi connectivity index (χ1v) is 9.85. The number of nitrogens with zero attached hydrogens (tertiary/aromatic N) is 2. The first kappa shape index (κ1) is 21.1. The van der Waals surface area contributed by atoms with Gasteiger partial charge in [-0.05, 0) is 55.7 Å². The maximum absolute atomic E-state index is 12.8. The predicted molar refractivity (Wildman–Crippen MR) is 116 cm³/mol. The molecule has 30 heavy (non-hydrogen) atoms. The Balaban J connectivity index is 1.88. The number of aryl methyl sites for hydroxylation is 2. The molecule has 1 N–H and O–H groups in total. The summed E-state index contributed by atoms with van der Waals surface area (Å²) >= 11 is 0. The molecule has 0 unspecified atom stereocenters. The fraction of sp³-hybridized carbons (Fsp3) is 0.261. The Morgan fingerprint density at radius 2 is 1.83 bits per heavy atom. The van der Waals surface area contributed by atoms with Crippen LogP contribution in [0.3, 0.4) is 0 Å². The van der Waals surface area contributed by atoms with E-state index < -0.39 is 6.09 Å². The molecule has 1 amide bonds. The standard InChI is InChI=1S/C23H25N3O4/c1-3-30-23(28)24-21-16-20(18-11-13-19(29-2)14-12-18)25-26(22(21)27)15-7-10-17-8-5-4-6-9-17/h4-6,8-9,11-14,16H,3,7,10,15H2,1-2H3,(H,24,28). The van der Waals surface area contributed by atoms with Gasteiger partial charge < -0.3 is 9.47 Å². The molecule has 1 heterocycles. The predicted octanol–water partition coefficient (Wildman–Crippen LogP) is 4.12. The van der Waals surface area contributed by atoms with E-state index in [1.54, 1.807) is 20.1 Å². The molecule has 156 valence electrons. The van der Waals surface area contributed by atoms with E-state index in [0.29, 0.717) is 12.2 Å². The summed E-state index contributed by atoms with van der Waals surface area (Å²) in [7, 11) is 1.60. The smallest absolute Gasteiger partial charge is 0.411 e. The summed E-state index contributed by atoms with van der Waals surface area (Å²) in [5.41, 5.74) is 2.34. The van der Waals surface area contributed by atoms with Crippen LogP contribution in [0.2, 0.25) is 0 Å². The van der Waals surface area contributed by atoms with Crippen LogP contribution in [0.5, 0.6) is 5.75 Å². The molecule has 0 aliphatic carbocycles. The minimum Gasteiger partial charge on any atom is -0.497 e. The lowest BCUT2D eigenvalue weighted by atomic mass is 10.1. The molecular weight excluding hydrogens is 382 g/mol. The highest BCUT2D eigenvalue weighted by Gasteiger charge is 2.13. The molecule has 0 saturated carbocycles. The Labute approximate surface area is 175 Å². The highest BCUT2D eigenvalue weighted by molar-refractivity contribution is 5.85. The van der Waals surface area contributed by atoms with Gasteiger partial charge in [0, 0.05) is 12.1 Å². The average Bonchev–Trinajstić information content (AvgIpc) is 2.77. The van der Waals surface area contributed by atoms with Gasteiger partial charge in [0.2, 0.25) is 0 Å². The molecule has 0 atom stereocenters. The Hall–Kier alpha value is -3.61. The number of anilines is 1. The second-order valence-electron chi connectivity index (χ2n) is 6.63. The zero-order valence-corrected chi connectivity index (χ0v) is 17.1. The summed E-state index contributed by atoms with van der Waals surface area (Å²) in [5, 5.41) is 7.05. The fourth-order valence-corrected chi connectivity index (χ4v) is 3.04.